The SMILES string of the molecule is CNc1ccc(C(=O)NCCc2ncn[nH]2)nc1. The Balaban J connectivity index is 1.83. The lowest BCUT2D eigenvalue weighted by molar-refractivity contribution is 0.0949. The molecule has 2 heterocycles. The van der Waals surface area contributed by atoms with Crippen LogP contribution in [0.15, 0.2) is 24.7 Å². The summed E-state index contributed by atoms with van der Waals surface area (Å²) in [6, 6.07) is 3.48. The monoisotopic (exact) mass is 246 g/mol. The molecular formula is C11H14N6O. The predicted molar refractivity (Wildman–Crippen MR) is 66.2 cm³/mol. The molecule has 0 aliphatic rings. The molecule has 7 nitrogen and oxygen atoms in total. The van der Waals surface area contributed by atoms with Gasteiger partial charge >= 0.3 is 0 Å². The Morgan fingerprint density at radius 1 is 1.39 bits per heavy atom. The van der Waals surface area contributed by atoms with Gasteiger partial charge in [-0.25, -0.2) is 9.97 Å². The molecule has 0 aliphatic heterocycles. The number of aromatic amines is 1. The van der Waals surface area contributed by atoms with Crippen molar-refractivity contribution in [3.63, 3.8) is 0 Å². The number of carbonyl (C=O) groups is 1. The van der Waals surface area contributed by atoms with Gasteiger partial charge in [-0.05, 0) is 12.1 Å². The zero-order chi connectivity index (χ0) is 12.8. The molecule has 94 valence electrons. The minimum absolute atomic E-state index is 0.197. The number of aromatic nitrogens is 4. The summed E-state index contributed by atoms with van der Waals surface area (Å²) in [6.45, 7) is 0.490. The zero-order valence-corrected chi connectivity index (χ0v) is 9.97. The number of anilines is 1. The minimum atomic E-state index is -0.197. The third-order valence-corrected chi connectivity index (χ3v) is 2.40. The largest absolute Gasteiger partial charge is 0.387 e. The number of amides is 1. The van der Waals surface area contributed by atoms with E-state index in [2.05, 4.69) is 30.8 Å². The van der Waals surface area contributed by atoms with Crippen LogP contribution in [0.2, 0.25) is 0 Å². The van der Waals surface area contributed by atoms with Crippen LogP contribution < -0.4 is 10.6 Å². The molecule has 0 fully saturated rings. The highest BCUT2D eigenvalue weighted by Gasteiger charge is 2.06. The van der Waals surface area contributed by atoms with Gasteiger partial charge in [-0.1, -0.05) is 0 Å². The van der Waals surface area contributed by atoms with E-state index in [-0.39, 0.29) is 5.91 Å². The van der Waals surface area contributed by atoms with Gasteiger partial charge in [0.1, 0.15) is 17.8 Å². The standard InChI is InChI=1S/C11H14N6O/c1-12-8-2-3-9(14-6-8)11(18)13-5-4-10-15-7-16-17-10/h2-3,6-7,12H,4-5H2,1H3,(H,13,18)(H,15,16,17). The van der Waals surface area contributed by atoms with E-state index in [0.29, 0.717) is 18.7 Å². The number of pyridine rings is 1. The van der Waals surface area contributed by atoms with Crippen LogP contribution in [0.3, 0.4) is 0 Å². The molecule has 2 rings (SSSR count). The second kappa shape index (κ2) is 5.76. The summed E-state index contributed by atoms with van der Waals surface area (Å²) in [5.41, 5.74) is 1.26. The Morgan fingerprint density at radius 2 is 2.28 bits per heavy atom. The van der Waals surface area contributed by atoms with Crippen LogP contribution in [-0.4, -0.2) is 39.7 Å². The van der Waals surface area contributed by atoms with Crippen molar-refractivity contribution in [3.05, 3.63) is 36.2 Å². The van der Waals surface area contributed by atoms with E-state index in [9.17, 15) is 4.79 Å². The van der Waals surface area contributed by atoms with Gasteiger partial charge in [0.25, 0.3) is 5.91 Å². The average Bonchev–Trinajstić information content (AvgIpc) is 2.92. The first kappa shape index (κ1) is 12.0. The molecule has 2 aromatic heterocycles. The highest BCUT2D eigenvalue weighted by molar-refractivity contribution is 5.92. The number of hydrogen-bond acceptors (Lipinski definition) is 5. The fraction of sp³-hybridized carbons (Fsp3) is 0.273. The van der Waals surface area contributed by atoms with Crippen LogP contribution >= 0.6 is 0 Å². The number of rotatable bonds is 5. The van der Waals surface area contributed by atoms with Gasteiger partial charge in [-0.2, -0.15) is 5.10 Å². The van der Waals surface area contributed by atoms with Gasteiger partial charge in [-0.3, -0.25) is 9.89 Å². The lowest BCUT2D eigenvalue weighted by Gasteiger charge is -2.04. The van der Waals surface area contributed by atoms with Gasteiger partial charge in [0.05, 0.1) is 11.9 Å². The van der Waals surface area contributed by atoms with Gasteiger partial charge in [0.2, 0.25) is 0 Å². The van der Waals surface area contributed by atoms with E-state index in [4.69, 9.17) is 0 Å². The summed E-state index contributed by atoms with van der Waals surface area (Å²) >= 11 is 0. The Hall–Kier alpha value is -2.44. The maximum atomic E-state index is 11.7. The second-order valence-corrected chi connectivity index (χ2v) is 3.62. The topological polar surface area (TPSA) is 95.6 Å². The molecule has 7 heteroatoms. The fourth-order valence-electron chi connectivity index (χ4n) is 1.41. The molecule has 0 bridgehead atoms. The third-order valence-electron chi connectivity index (χ3n) is 2.40. The molecule has 0 aromatic carbocycles. The Morgan fingerprint density at radius 3 is 2.89 bits per heavy atom. The summed E-state index contributed by atoms with van der Waals surface area (Å²) < 4.78 is 0. The second-order valence-electron chi connectivity index (χ2n) is 3.62. The molecule has 0 radical (unpaired) electrons. The fourth-order valence-corrected chi connectivity index (χ4v) is 1.41. The highest BCUT2D eigenvalue weighted by Crippen LogP contribution is 2.04. The van der Waals surface area contributed by atoms with Crippen molar-refractivity contribution in [2.24, 2.45) is 0 Å². The summed E-state index contributed by atoms with van der Waals surface area (Å²) in [6.07, 6.45) is 3.67. The van der Waals surface area contributed by atoms with E-state index in [1.165, 1.54) is 6.33 Å². The van der Waals surface area contributed by atoms with Gasteiger partial charge in [0.15, 0.2) is 0 Å². The Kier molecular flexibility index (Phi) is 3.85. The van der Waals surface area contributed by atoms with Crippen LogP contribution in [0.25, 0.3) is 0 Å². The molecule has 3 N–H and O–H groups in total. The molecule has 0 spiro atoms. The first-order chi connectivity index (χ1) is 8.79. The Bertz CT molecular complexity index is 493. The number of carbonyl (C=O) groups excluding carboxylic acids is 1. The zero-order valence-electron chi connectivity index (χ0n) is 9.97. The van der Waals surface area contributed by atoms with E-state index >= 15 is 0 Å². The number of H-pyrrole nitrogens is 1. The molecule has 0 atom stereocenters. The van der Waals surface area contributed by atoms with Gasteiger partial charge in [0, 0.05) is 20.0 Å². The lowest BCUT2D eigenvalue weighted by Crippen LogP contribution is -2.26. The van der Waals surface area contributed by atoms with Crippen LogP contribution in [0, 0.1) is 0 Å². The van der Waals surface area contributed by atoms with Crippen molar-refractivity contribution in [2.45, 2.75) is 6.42 Å². The van der Waals surface area contributed by atoms with E-state index in [0.717, 1.165) is 11.5 Å². The van der Waals surface area contributed by atoms with Crippen molar-refractivity contribution >= 4 is 11.6 Å². The van der Waals surface area contributed by atoms with Crippen LogP contribution in [0.4, 0.5) is 5.69 Å². The first-order valence-corrected chi connectivity index (χ1v) is 5.56. The number of nitrogens with one attached hydrogen (secondary N) is 3. The van der Waals surface area contributed by atoms with E-state index in [1.807, 2.05) is 0 Å². The number of hydrogen-bond donors (Lipinski definition) is 3. The van der Waals surface area contributed by atoms with Gasteiger partial charge in [-0.15, -0.1) is 0 Å². The lowest BCUT2D eigenvalue weighted by atomic mass is 10.3. The molecule has 0 saturated carbocycles. The van der Waals surface area contributed by atoms with Crippen molar-refractivity contribution in [1.29, 1.82) is 0 Å². The highest BCUT2D eigenvalue weighted by atomic mass is 16.1. The molecule has 2 aromatic rings. The molecule has 0 aliphatic carbocycles. The third kappa shape index (κ3) is 3.03. The molecule has 0 unspecified atom stereocenters. The summed E-state index contributed by atoms with van der Waals surface area (Å²) in [7, 11) is 1.80. The first-order valence-electron chi connectivity index (χ1n) is 5.56. The molecule has 1 amide bonds. The van der Waals surface area contributed by atoms with Crippen molar-refractivity contribution in [3.8, 4) is 0 Å². The van der Waals surface area contributed by atoms with E-state index in [1.54, 1.807) is 25.4 Å². The summed E-state index contributed by atoms with van der Waals surface area (Å²) in [5.74, 6) is 0.547. The maximum Gasteiger partial charge on any atom is 0.269 e. The average molecular weight is 246 g/mol. The minimum Gasteiger partial charge on any atom is -0.387 e. The quantitative estimate of drug-likeness (QED) is 0.701. The van der Waals surface area contributed by atoms with Gasteiger partial charge < -0.3 is 10.6 Å². The molecular weight excluding hydrogens is 232 g/mol. The van der Waals surface area contributed by atoms with E-state index < -0.39 is 0 Å². The molecule has 0 saturated heterocycles. The number of nitrogens with zero attached hydrogens (tertiary/aromatic N) is 3. The van der Waals surface area contributed by atoms with Crippen LogP contribution in [0.1, 0.15) is 16.3 Å². The van der Waals surface area contributed by atoms with Crippen molar-refractivity contribution in [2.75, 3.05) is 18.9 Å². The van der Waals surface area contributed by atoms with Crippen molar-refractivity contribution < 1.29 is 4.79 Å². The molecule has 18 heavy (non-hydrogen) atoms. The van der Waals surface area contributed by atoms with Crippen LogP contribution in [-0.2, 0) is 6.42 Å². The Labute approximate surface area is 104 Å². The van der Waals surface area contributed by atoms with Crippen molar-refractivity contribution in [1.82, 2.24) is 25.5 Å². The van der Waals surface area contributed by atoms with Crippen LogP contribution in [0.5, 0.6) is 0 Å². The maximum absolute atomic E-state index is 11.7. The normalized spacial score (nSPS) is 10.1. The smallest absolute Gasteiger partial charge is 0.269 e. The predicted octanol–water partition coefficient (Wildman–Crippen LogP) is 0.214. The summed E-state index contributed by atoms with van der Waals surface area (Å²) in [4.78, 5) is 19.8. The summed E-state index contributed by atoms with van der Waals surface area (Å²) in [5, 5.41) is 12.2.